The van der Waals surface area contributed by atoms with Crippen LogP contribution in [-0.2, 0) is 30.3 Å². The molecular formula is C25H36N6O6. The fraction of sp³-hybridized carbons (Fsp3) is 0.640. The summed E-state index contributed by atoms with van der Waals surface area (Å²) in [6.45, 7) is 3.98. The van der Waals surface area contributed by atoms with E-state index >= 15 is 0 Å². The Labute approximate surface area is 216 Å². The molecule has 0 unspecified atom stereocenters. The van der Waals surface area contributed by atoms with Gasteiger partial charge in [-0.15, -0.1) is 0 Å². The number of ether oxygens (including phenoxy) is 2. The Balaban J connectivity index is 1.52. The number of morpholine rings is 1. The summed E-state index contributed by atoms with van der Waals surface area (Å²) in [6.07, 6.45) is 4.93. The molecule has 0 saturated carbocycles. The van der Waals surface area contributed by atoms with Crippen molar-refractivity contribution >= 4 is 23.8 Å². The summed E-state index contributed by atoms with van der Waals surface area (Å²) in [7, 11) is 1.26. The number of hydrogen-bond acceptors (Lipinski definition) is 8. The minimum absolute atomic E-state index is 0.0117. The number of piperazine rings is 1. The second-order valence-corrected chi connectivity index (χ2v) is 9.55. The Kier molecular flexibility index (Phi) is 9.29. The lowest BCUT2D eigenvalue weighted by Gasteiger charge is -2.44. The van der Waals surface area contributed by atoms with Crippen LogP contribution in [0.25, 0.3) is 0 Å². The van der Waals surface area contributed by atoms with E-state index in [0.717, 1.165) is 31.5 Å². The quantitative estimate of drug-likeness (QED) is 0.472. The lowest BCUT2D eigenvalue weighted by Crippen LogP contribution is -2.65. The predicted octanol–water partition coefficient (Wildman–Crippen LogP) is -0.753. The smallest absolute Gasteiger partial charge is 0.328 e. The van der Waals surface area contributed by atoms with Gasteiger partial charge in [0.15, 0.2) is 0 Å². The van der Waals surface area contributed by atoms with Gasteiger partial charge in [0, 0.05) is 50.9 Å². The van der Waals surface area contributed by atoms with Crippen molar-refractivity contribution in [1.82, 2.24) is 30.3 Å². The SMILES string of the molecule is COC(=O)[C@@H](Cc1cccnc1)NC(=O)[C@@H]1CN(C(=O)C2CCNCC2)CCN1C(=O)N1CCOCC1. The van der Waals surface area contributed by atoms with Crippen LogP contribution in [0.4, 0.5) is 4.79 Å². The molecule has 4 rings (SSSR count). The molecule has 1 aromatic rings. The molecule has 3 fully saturated rings. The van der Waals surface area contributed by atoms with Crippen LogP contribution in [0.3, 0.4) is 0 Å². The highest BCUT2D eigenvalue weighted by Crippen LogP contribution is 2.20. The number of nitrogens with zero attached hydrogens (tertiary/aromatic N) is 4. The minimum Gasteiger partial charge on any atom is -0.467 e. The zero-order valence-electron chi connectivity index (χ0n) is 21.3. The number of hydrogen-bond donors (Lipinski definition) is 2. The first-order valence-electron chi connectivity index (χ1n) is 12.9. The van der Waals surface area contributed by atoms with Crippen LogP contribution >= 0.6 is 0 Å². The van der Waals surface area contributed by atoms with Crippen molar-refractivity contribution in [2.24, 2.45) is 5.92 Å². The van der Waals surface area contributed by atoms with Crippen molar-refractivity contribution < 1.29 is 28.7 Å². The maximum atomic E-state index is 13.6. The molecule has 0 spiro atoms. The second-order valence-electron chi connectivity index (χ2n) is 9.55. The Hall–Kier alpha value is -3.25. The number of rotatable bonds is 6. The third-order valence-electron chi connectivity index (χ3n) is 7.18. The normalized spacial score (nSPS) is 21.8. The predicted molar refractivity (Wildman–Crippen MR) is 132 cm³/mol. The molecule has 3 aliphatic rings. The van der Waals surface area contributed by atoms with Gasteiger partial charge in [-0.25, -0.2) is 9.59 Å². The fourth-order valence-electron chi connectivity index (χ4n) is 5.06. The summed E-state index contributed by atoms with van der Waals surface area (Å²) < 4.78 is 10.3. The molecule has 3 saturated heterocycles. The van der Waals surface area contributed by atoms with Gasteiger partial charge in [0.25, 0.3) is 0 Å². The summed E-state index contributed by atoms with van der Waals surface area (Å²) in [5.74, 6) is -1.18. The number of carbonyl (C=O) groups is 4. The molecule has 0 radical (unpaired) electrons. The van der Waals surface area contributed by atoms with E-state index in [1.54, 1.807) is 28.3 Å². The number of carbonyl (C=O) groups excluding carboxylic acids is 4. The molecule has 3 aliphatic heterocycles. The molecule has 37 heavy (non-hydrogen) atoms. The first kappa shape index (κ1) is 26.8. The molecule has 0 aliphatic carbocycles. The van der Waals surface area contributed by atoms with Crippen LogP contribution in [0.15, 0.2) is 24.5 Å². The van der Waals surface area contributed by atoms with Gasteiger partial charge < -0.3 is 34.8 Å². The lowest BCUT2D eigenvalue weighted by atomic mass is 9.95. The molecule has 12 nitrogen and oxygen atoms in total. The monoisotopic (exact) mass is 516 g/mol. The van der Waals surface area contributed by atoms with Gasteiger partial charge in [-0.05, 0) is 37.6 Å². The van der Waals surface area contributed by atoms with E-state index in [-0.39, 0.29) is 37.4 Å². The fourth-order valence-corrected chi connectivity index (χ4v) is 5.06. The summed E-state index contributed by atoms with van der Waals surface area (Å²) in [5, 5.41) is 6.05. The van der Waals surface area contributed by atoms with E-state index < -0.39 is 24.0 Å². The number of nitrogens with one attached hydrogen (secondary N) is 2. The number of aromatic nitrogens is 1. The molecule has 202 valence electrons. The standard InChI is InChI=1S/C25H36N6O6/c1-36-24(34)20(15-18-3-2-6-27-16-18)28-22(32)21-17-30(23(33)19-4-7-26-8-5-19)9-10-31(21)25(35)29-11-13-37-14-12-29/h2-3,6,16,19-21,26H,4-5,7-15,17H2,1H3,(H,28,32)/t20-,21+/m1/s1. The van der Waals surface area contributed by atoms with Crippen LogP contribution in [0.5, 0.6) is 0 Å². The minimum atomic E-state index is -0.961. The van der Waals surface area contributed by atoms with Crippen LogP contribution in [-0.4, -0.2) is 122 Å². The van der Waals surface area contributed by atoms with E-state index in [1.165, 1.54) is 12.0 Å². The van der Waals surface area contributed by atoms with Crippen LogP contribution in [0.2, 0.25) is 0 Å². The van der Waals surface area contributed by atoms with Crippen LogP contribution < -0.4 is 10.6 Å². The van der Waals surface area contributed by atoms with Crippen molar-refractivity contribution in [3.8, 4) is 0 Å². The molecule has 2 atom stereocenters. The van der Waals surface area contributed by atoms with Gasteiger partial charge in [-0.3, -0.25) is 14.6 Å². The van der Waals surface area contributed by atoms with Gasteiger partial charge >= 0.3 is 12.0 Å². The molecule has 2 N–H and O–H groups in total. The average molecular weight is 517 g/mol. The van der Waals surface area contributed by atoms with E-state index in [1.807, 2.05) is 6.07 Å². The van der Waals surface area contributed by atoms with Crippen LogP contribution in [0, 0.1) is 5.92 Å². The highest BCUT2D eigenvalue weighted by molar-refractivity contribution is 5.92. The third-order valence-corrected chi connectivity index (χ3v) is 7.18. The Morgan fingerprint density at radius 1 is 1.14 bits per heavy atom. The second kappa shape index (κ2) is 12.8. The zero-order chi connectivity index (χ0) is 26.2. The Bertz CT molecular complexity index is 950. The van der Waals surface area contributed by atoms with Crippen molar-refractivity contribution in [3.63, 3.8) is 0 Å². The highest BCUT2D eigenvalue weighted by Gasteiger charge is 2.41. The van der Waals surface area contributed by atoms with Crippen molar-refractivity contribution in [2.45, 2.75) is 31.3 Å². The van der Waals surface area contributed by atoms with Gasteiger partial charge in [-0.2, -0.15) is 0 Å². The molecule has 4 heterocycles. The first-order valence-corrected chi connectivity index (χ1v) is 12.9. The number of esters is 1. The Morgan fingerprint density at radius 2 is 1.89 bits per heavy atom. The average Bonchev–Trinajstić information content (AvgIpc) is 2.96. The number of amides is 4. The first-order chi connectivity index (χ1) is 18.0. The van der Waals surface area contributed by atoms with Gasteiger partial charge in [0.05, 0.1) is 26.9 Å². The van der Waals surface area contributed by atoms with E-state index in [9.17, 15) is 19.2 Å². The molecule has 1 aromatic heterocycles. The van der Waals surface area contributed by atoms with Gasteiger partial charge in [0.2, 0.25) is 11.8 Å². The van der Waals surface area contributed by atoms with Crippen molar-refractivity contribution in [2.75, 3.05) is 66.1 Å². The zero-order valence-corrected chi connectivity index (χ0v) is 21.3. The summed E-state index contributed by atoms with van der Waals surface area (Å²) in [5.41, 5.74) is 0.755. The molecule has 0 aromatic carbocycles. The van der Waals surface area contributed by atoms with E-state index in [2.05, 4.69) is 15.6 Å². The topological polar surface area (TPSA) is 133 Å². The van der Waals surface area contributed by atoms with E-state index in [4.69, 9.17) is 9.47 Å². The largest absolute Gasteiger partial charge is 0.467 e. The third kappa shape index (κ3) is 6.75. The van der Waals surface area contributed by atoms with Gasteiger partial charge in [-0.1, -0.05) is 6.07 Å². The number of urea groups is 1. The molecule has 0 bridgehead atoms. The maximum absolute atomic E-state index is 13.6. The van der Waals surface area contributed by atoms with E-state index in [0.29, 0.717) is 32.8 Å². The molecular weight excluding hydrogens is 480 g/mol. The van der Waals surface area contributed by atoms with Gasteiger partial charge in [0.1, 0.15) is 12.1 Å². The summed E-state index contributed by atoms with van der Waals surface area (Å²) in [6, 6.07) is 1.40. The highest BCUT2D eigenvalue weighted by atomic mass is 16.5. The lowest BCUT2D eigenvalue weighted by molar-refractivity contribution is -0.147. The molecule has 12 heteroatoms. The number of methoxy groups -OCH3 is 1. The van der Waals surface area contributed by atoms with Crippen molar-refractivity contribution in [1.29, 1.82) is 0 Å². The summed E-state index contributed by atoms with van der Waals surface area (Å²) in [4.78, 5) is 61.8. The Morgan fingerprint density at radius 3 is 2.57 bits per heavy atom. The maximum Gasteiger partial charge on any atom is 0.328 e. The summed E-state index contributed by atoms with van der Waals surface area (Å²) >= 11 is 0. The van der Waals surface area contributed by atoms with Crippen LogP contribution in [0.1, 0.15) is 18.4 Å². The molecule has 4 amide bonds. The van der Waals surface area contributed by atoms with Crippen molar-refractivity contribution in [3.05, 3.63) is 30.1 Å². The number of piperidine rings is 1. The number of pyridine rings is 1.